The Kier molecular flexibility index (Phi) is 3.02. The molecule has 0 aromatic carbocycles. The molecule has 4 nitrogen and oxygen atoms in total. The summed E-state index contributed by atoms with van der Waals surface area (Å²) in [6.07, 6.45) is 5.72. The van der Waals surface area contributed by atoms with Gasteiger partial charge in [-0.15, -0.1) is 0 Å². The minimum atomic E-state index is -2.35. The van der Waals surface area contributed by atoms with Gasteiger partial charge in [0.05, 0.1) is 11.3 Å². The zero-order valence-corrected chi connectivity index (χ0v) is 7.47. The first kappa shape index (κ1) is 9.73. The van der Waals surface area contributed by atoms with E-state index in [4.69, 9.17) is 5.11 Å². The summed E-state index contributed by atoms with van der Waals surface area (Å²) >= 11 is 0. The molecule has 0 saturated heterocycles. The lowest BCUT2D eigenvalue weighted by Gasteiger charge is -2.05. The maximum atomic E-state index is 10.6. The van der Waals surface area contributed by atoms with Crippen LogP contribution >= 0.6 is 0 Å². The lowest BCUT2D eigenvalue weighted by Crippen LogP contribution is -2.10. The zero-order chi connectivity index (χ0) is 9.84. The number of allylic oxidation sites excluding steroid dienone is 3. The fourth-order valence-electron chi connectivity index (χ4n) is 0.999. The van der Waals surface area contributed by atoms with Crippen LogP contribution in [0.4, 0.5) is 0 Å². The zero-order valence-electron chi connectivity index (χ0n) is 6.65. The van der Waals surface area contributed by atoms with E-state index in [-0.39, 0.29) is 23.3 Å². The number of carbonyl (C=O) groups is 1. The highest BCUT2D eigenvalue weighted by atomic mass is 32.2. The molecule has 1 aliphatic carbocycles. The number of carboxylic acid groups (broad SMARTS) is 1. The number of carboxylic acids is 1. The van der Waals surface area contributed by atoms with Gasteiger partial charge in [-0.25, -0.2) is 0 Å². The molecule has 0 atom stereocenters. The Hall–Kier alpha value is -1.36. The Labute approximate surface area is 76.7 Å². The Morgan fingerprint density at radius 3 is 2.85 bits per heavy atom. The first-order valence-electron chi connectivity index (χ1n) is 3.56. The molecule has 0 aliphatic heterocycles. The second-order valence-electron chi connectivity index (χ2n) is 2.46. The Morgan fingerprint density at radius 1 is 1.62 bits per heavy atom. The van der Waals surface area contributed by atoms with Crippen molar-refractivity contribution in [2.75, 3.05) is 0 Å². The maximum absolute atomic E-state index is 10.6. The topological polar surface area (TPSA) is 71.4 Å². The molecule has 1 rings (SSSR count). The lowest BCUT2D eigenvalue weighted by molar-refractivity contribution is -0.136. The highest BCUT2D eigenvalue weighted by Crippen LogP contribution is 2.11. The van der Waals surface area contributed by atoms with E-state index < -0.39 is 16.3 Å². The highest BCUT2D eigenvalue weighted by molar-refractivity contribution is 7.73. The van der Waals surface area contributed by atoms with Crippen LogP contribution in [-0.2, 0) is 15.1 Å². The SMILES string of the molecule is O=C(O)CC1=[C]C=CCC1=S(=O)=O. The van der Waals surface area contributed by atoms with Crippen LogP contribution < -0.4 is 0 Å². The first-order valence-corrected chi connectivity index (χ1v) is 4.63. The van der Waals surface area contributed by atoms with Gasteiger partial charge < -0.3 is 5.11 Å². The third-order valence-corrected chi connectivity index (χ3v) is 2.36. The molecule has 0 heterocycles. The Balaban J connectivity index is 3.04. The summed E-state index contributed by atoms with van der Waals surface area (Å²) in [4.78, 5) is 10.5. The van der Waals surface area contributed by atoms with Gasteiger partial charge in [-0.05, 0) is 11.6 Å². The van der Waals surface area contributed by atoms with Crippen molar-refractivity contribution in [1.29, 1.82) is 0 Å². The van der Waals surface area contributed by atoms with E-state index in [1.54, 1.807) is 6.08 Å². The summed E-state index contributed by atoms with van der Waals surface area (Å²) in [6, 6.07) is 0. The molecular formula is C8H7O4S. The molecule has 0 spiro atoms. The van der Waals surface area contributed by atoms with E-state index >= 15 is 0 Å². The van der Waals surface area contributed by atoms with Gasteiger partial charge in [0.1, 0.15) is 0 Å². The molecule has 1 aliphatic rings. The van der Waals surface area contributed by atoms with Crippen LogP contribution in [0.3, 0.4) is 0 Å². The summed E-state index contributed by atoms with van der Waals surface area (Å²) in [7, 11) is -2.35. The van der Waals surface area contributed by atoms with Gasteiger partial charge in [-0.3, -0.25) is 4.79 Å². The van der Waals surface area contributed by atoms with Crippen molar-refractivity contribution < 1.29 is 18.3 Å². The molecule has 13 heavy (non-hydrogen) atoms. The number of hydrogen-bond donors (Lipinski definition) is 1. The smallest absolute Gasteiger partial charge is 0.307 e. The molecule has 69 valence electrons. The Morgan fingerprint density at radius 2 is 2.31 bits per heavy atom. The molecule has 0 unspecified atom stereocenters. The molecule has 1 N–H and O–H groups in total. The van der Waals surface area contributed by atoms with Crippen LogP contribution in [0.5, 0.6) is 0 Å². The average Bonchev–Trinajstić information content (AvgIpc) is 2.03. The summed E-state index contributed by atoms with van der Waals surface area (Å²) in [5, 5.41) is 8.47. The van der Waals surface area contributed by atoms with E-state index in [0.29, 0.717) is 0 Å². The summed E-state index contributed by atoms with van der Waals surface area (Å²) in [6.45, 7) is 0. The quantitative estimate of drug-likeness (QED) is 0.645. The lowest BCUT2D eigenvalue weighted by atomic mass is 10.0. The van der Waals surface area contributed by atoms with Gasteiger partial charge in [0.2, 0.25) is 10.3 Å². The van der Waals surface area contributed by atoms with Crippen LogP contribution in [0.2, 0.25) is 0 Å². The molecule has 0 saturated carbocycles. The summed E-state index contributed by atoms with van der Waals surface area (Å²) < 4.78 is 21.2. The maximum Gasteiger partial charge on any atom is 0.307 e. The number of rotatable bonds is 2. The first-order chi connectivity index (χ1) is 6.11. The molecular weight excluding hydrogens is 192 g/mol. The van der Waals surface area contributed by atoms with Gasteiger partial charge in [0.15, 0.2) is 0 Å². The average molecular weight is 199 g/mol. The minimum absolute atomic E-state index is 0.116. The molecule has 0 aromatic rings. The van der Waals surface area contributed by atoms with Gasteiger partial charge in [0, 0.05) is 6.42 Å². The van der Waals surface area contributed by atoms with Crippen molar-refractivity contribution in [1.82, 2.24) is 0 Å². The van der Waals surface area contributed by atoms with E-state index in [1.807, 2.05) is 0 Å². The third-order valence-electron chi connectivity index (χ3n) is 1.54. The largest absolute Gasteiger partial charge is 0.481 e. The fourth-order valence-corrected chi connectivity index (χ4v) is 1.56. The molecule has 5 heteroatoms. The molecule has 0 bridgehead atoms. The standard InChI is InChI=1S/C8H7O4S/c9-8(10)5-6-3-1-2-4-7(6)13(11)12/h1-2H,4-5H2,(H,9,10). The van der Waals surface area contributed by atoms with Crippen LogP contribution in [0, 0.1) is 6.08 Å². The predicted octanol–water partition coefficient (Wildman–Crippen LogP) is 0.202. The van der Waals surface area contributed by atoms with Gasteiger partial charge in [0.25, 0.3) is 0 Å². The van der Waals surface area contributed by atoms with E-state index in [0.717, 1.165) is 0 Å². The van der Waals surface area contributed by atoms with Gasteiger partial charge in [-0.2, -0.15) is 8.42 Å². The normalized spacial score (nSPS) is 15.4. The van der Waals surface area contributed by atoms with Crippen LogP contribution in [0.25, 0.3) is 0 Å². The third kappa shape index (κ3) is 2.55. The summed E-state index contributed by atoms with van der Waals surface area (Å²) in [5.74, 6) is -1.05. The van der Waals surface area contributed by atoms with Crippen LogP contribution in [0.15, 0.2) is 17.7 Å². The number of aliphatic carboxylic acids is 1. The van der Waals surface area contributed by atoms with Crippen molar-refractivity contribution in [2.24, 2.45) is 0 Å². The second kappa shape index (κ2) is 4.04. The summed E-state index contributed by atoms with van der Waals surface area (Å²) in [5.41, 5.74) is 0.239. The van der Waals surface area contributed by atoms with E-state index in [1.165, 1.54) is 6.08 Å². The van der Waals surface area contributed by atoms with Gasteiger partial charge >= 0.3 is 5.97 Å². The van der Waals surface area contributed by atoms with Crippen LogP contribution in [-0.4, -0.2) is 24.4 Å². The Bertz CT molecular complexity index is 403. The monoisotopic (exact) mass is 199 g/mol. The molecule has 0 fully saturated rings. The van der Waals surface area contributed by atoms with Crippen molar-refractivity contribution in [3.63, 3.8) is 0 Å². The van der Waals surface area contributed by atoms with Crippen molar-refractivity contribution in [2.45, 2.75) is 12.8 Å². The number of hydrogen-bond acceptors (Lipinski definition) is 3. The van der Waals surface area contributed by atoms with E-state index in [2.05, 4.69) is 6.08 Å². The highest BCUT2D eigenvalue weighted by Gasteiger charge is 2.13. The van der Waals surface area contributed by atoms with Gasteiger partial charge in [-0.1, -0.05) is 12.2 Å². The molecule has 1 radical (unpaired) electrons. The van der Waals surface area contributed by atoms with Crippen molar-refractivity contribution in [3.8, 4) is 0 Å². The minimum Gasteiger partial charge on any atom is -0.481 e. The molecule has 0 amide bonds. The second-order valence-corrected chi connectivity index (χ2v) is 3.42. The predicted molar refractivity (Wildman–Crippen MR) is 46.7 cm³/mol. The van der Waals surface area contributed by atoms with E-state index in [9.17, 15) is 13.2 Å². The van der Waals surface area contributed by atoms with Crippen LogP contribution in [0.1, 0.15) is 12.8 Å². The fraction of sp³-hybridized carbons (Fsp3) is 0.250. The van der Waals surface area contributed by atoms with Crippen molar-refractivity contribution in [3.05, 3.63) is 23.8 Å². The molecule has 0 aromatic heterocycles. The van der Waals surface area contributed by atoms with Crippen molar-refractivity contribution >= 4 is 21.1 Å².